The topological polar surface area (TPSA) is 134 Å². The third-order valence-corrected chi connectivity index (χ3v) is 6.60. The standard InChI is InChI=1S/C20H24N8O2S/c1-26-12-15(11-25-26)14-3-4-17(21)16(9-14)20(22)18-10-19(24-13-23-18)27-5-7-28(8-6-27)31(2,29)30/h3-4,9-13,22H,5-8,21H2,1-2H3. The van der Waals surface area contributed by atoms with Crippen LogP contribution in [0.3, 0.4) is 0 Å². The lowest BCUT2D eigenvalue weighted by atomic mass is 9.99. The van der Waals surface area contributed by atoms with Crippen molar-refractivity contribution in [2.75, 3.05) is 43.1 Å². The highest BCUT2D eigenvalue weighted by Crippen LogP contribution is 2.25. The van der Waals surface area contributed by atoms with E-state index in [9.17, 15) is 8.42 Å². The summed E-state index contributed by atoms with van der Waals surface area (Å²) in [4.78, 5) is 10.6. The number of nitrogens with two attached hydrogens (primary N) is 1. The zero-order valence-electron chi connectivity index (χ0n) is 17.4. The van der Waals surface area contributed by atoms with E-state index in [4.69, 9.17) is 11.1 Å². The van der Waals surface area contributed by atoms with Crippen molar-refractivity contribution in [1.82, 2.24) is 24.1 Å². The number of piperazine rings is 1. The van der Waals surface area contributed by atoms with Gasteiger partial charge in [-0.25, -0.2) is 18.4 Å². The van der Waals surface area contributed by atoms with Gasteiger partial charge in [-0.1, -0.05) is 6.07 Å². The zero-order chi connectivity index (χ0) is 22.2. The fraction of sp³-hybridized carbons (Fsp3) is 0.300. The Bertz CT molecular complexity index is 1230. The summed E-state index contributed by atoms with van der Waals surface area (Å²) in [5.41, 5.74) is 9.72. The van der Waals surface area contributed by atoms with Crippen molar-refractivity contribution in [3.63, 3.8) is 0 Å². The van der Waals surface area contributed by atoms with E-state index in [0.29, 0.717) is 48.9 Å². The van der Waals surface area contributed by atoms with Crippen molar-refractivity contribution in [3.05, 3.63) is 54.2 Å². The average Bonchev–Trinajstić information content (AvgIpc) is 3.19. The number of aromatic nitrogens is 4. The van der Waals surface area contributed by atoms with Crippen LogP contribution in [0.2, 0.25) is 0 Å². The lowest BCUT2D eigenvalue weighted by Crippen LogP contribution is -2.48. The van der Waals surface area contributed by atoms with Crippen molar-refractivity contribution in [3.8, 4) is 11.1 Å². The number of anilines is 2. The van der Waals surface area contributed by atoms with E-state index in [1.165, 1.54) is 16.9 Å². The van der Waals surface area contributed by atoms with Gasteiger partial charge >= 0.3 is 0 Å². The van der Waals surface area contributed by atoms with Gasteiger partial charge in [-0.2, -0.15) is 9.40 Å². The minimum atomic E-state index is -3.20. The van der Waals surface area contributed by atoms with Crippen molar-refractivity contribution in [1.29, 1.82) is 5.41 Å². The normalized spacial score (nSPS) is 15.2. The summed E-state index contributed by atoms with van der Waals surface area (Å²) in [5.74, 6) is 0.657. The predicted octanol–water partition coefficient (Wildman–Crippen LogP) is 0.957. The van der Waals surface area contributed by atoms with Gasteiger partial charge in [0.25, 0.3) is 0 Å². The Kier molecular flexibility index (Phi) is 5.46. The molecular weight excluding hydrogens is 416 g/mol. The fourth-order valence-electron chi connectivity index (χ4n) is 3.57. The summed E-state index contributed by atoms with van der Waals surface area (Å²) in [6.45, 7) is 1.84. The first-order chi connectivity index (χ1) is 14.7. The monoisotopic (exact) mass is 440 g/mol. The first-order valence-corrected chi connectivity index (χ1v) is 11.6. The molecule has 1 aromatic carbocycles. The molecule has 31 heavy (non-hydrogen) atoms. The molecule has 11 heteroatoms. The van der Waals surface area contributed by atoms with E-state index in [0.717, 1.165) is 11.1 Å². The number of nitrogens with zero attached hydrogens (tertiary/aromatic N) is 6. The van der Waals surface area contributed by atoms with Gasteiger partial charge in [0.15, 0.2) is 0 Å². The third-order valence-electron chi connectivity index (χ3n) is 5.30. The lowest BCUT2D eigenvalue weighted by Gasteiger charge is -2.34. The average molecular weight is 441 g/mol. The molecule has 0 bridgehead atoms. The Morgan fingerprint density at radius 3 is 2.48 bits per heavy atom. The Hall–Kier alpha value is -3.31. The Labute approximate surface area is 180 Å². The van der Waals surface area contributed by atoms with Crippen LogP contribution in [0.15, 0.2) is 43.0 Å². The Morgan fingerprint density at radius 2 is 1.84 bits per heavy atom. The van der Waals surface area contributed by atoms with E-state index >= 15 is 0 Å². The highest BCUT2D eigenvalue weighted by Gasteiger charge is 2.24. The second-order valence-electron chi connectivity index (χ2n) is 7.49. The number of aryl methyl sites for hydroxylation is 1. The molecule has 0 radical (unpaired) electrons. The van der Waals surface area contributed by atoms with Crippen molar-refractivity contribution in [2.45, 2.75) is 0 Å². The van der Waals surface area contributed by atoms with Crippen LogP contribution in [0.4, 0.5) is 11.5 Å². The maximum atomic E-state index is 11.7. The molecule has 0 amide bonds. The lowest BCUT2D eigenvalue weighted by molar-refractivity contribution is 0.387. The molecule has 3 N–H and O–H groups in total. The molecule has 1 aliphatic heterocycles. The predicted molar refractivity (Wildman–Crippen MR) is 120 cm³/mol. The molecular formula is C20H24N8O2S. The zero-order valence-corrected chi connectivity index (χ0v) is 18.2. The van der Waals surface area contributed by atoms with Crippen LogP contribution in [0.5, 0.6) is 0 Å². The molecule has 1 saturated heterocycles. The first-order valence-electron chi connectivity index (χ1n) is 9.72. The smallest absolute Gasteiger partial charge is 0.211 e. The molecule has 3 aromatic rings. The minimum Gasteiger partial charge on any atom is -0.398 e. The van der Waals surface area contributed by atoms with Gasteiger partial charge in [-0.05, 0) is 17.7 Å². The van der Waals surface area contributed by atoms with Gasteiger partial charge in [0.1, 0.15) is 12.1 Å². The van der Waals surface area contributed by atoms with Crippen LogP contribution in [0.25, 0.3) is 11.1 Å². The summed E-state index contributed by atoms with van der Waals surface area (Å²) in [6.07, 6.45) is 6.30. The van der Waals surface area contributed by atoms with E-state index in [1.807, 2.05) is 30.3 Å². The summed E-state index contributed by atoms with van der Waals surface area (Å²) in [6, 6.07) is 7.28. The number of rotatable bonds is 5. The molecule has 4 rings (SSSR count). The summed E-state index contributed by atoms with van der Waals surface area (Å²) in [7, 11) is -1.35. The minimum absolute atomic E-state index is 0.196. The Morgan fingerprint density at radius 1 is 1.10 bits per heavy atom. The van der Waals surface area contributed by atoms with Gasteiger partial charge < -0.3 is 10.6 Å². The van der Waals surface area contributed by atoms with Crippen LogP contribution in [-0.4, -0.2) is 70.6 Å². The maximum Gasteiger partial charge on any atom is 0.211 e. The Balaban J connectivity index is 1.58. The number of nitrogens with one attached hydrogen (secondary N) is 1. The second kappa shape index (κ2) is 8.08. The van der Waals surface area contributed by atoms with E-state index < -0.39 is 10.0 Å². The van der Waals surface area contributed by atoms with Crippen LogP contribution in [0.1, 0.15) is 11.3 Å². The van der Waals surface area contributed by atoms with E-state index in [2.05, 4.69) is 15.1 Å². The number of benzene rings is 1. The molecule has 0 spiro atoms. The van der Waals surface area contributed by atoms with Crippen LogP contribution in [0, 0.1) is 5.41 Å². The summed E-state index contributed by atoms with van der Waals surface area (Å²) < 4.78 is 26.6. The molecule has 1 fully saturated rings. The number of hydrogen-bond acceptors (Lipinski definition) is 8. The molecule has 0 unspecified atom stereocenters. The quantitative estimate of drug-likeness (QED) is 0.446. The molecule has 10 nitrogen and oxygen atoms in total. The molecule has 0 aliphatic carbocycles. The summed E-state index contributed by atoms with van der Waals surface area (Å²) >= 11 is 0. The maximum absolute atomic E-state index is 11.7. The van der Waals surface area contributed by atoms with E-state index in [-0.39, 0.29) is 5.71 Å². The number of hydrogen-bond donors (Lipinski definition) is 2. The van der Waals surface area contributed by atoms with Gasteiger partial charge in [0, 0.05) is 62.3 Å². The second-order valence-corrected chi connectivity index (χ2v) is 9.47. The molecule has 0 saturated carbocycles. The first kappa shape index (κ1) is 20.9. The van der Waals surface area contributed by atoms with Crippen molar-refractivity contribution in [2.24, 2.45) is 7.05 Å². The summed E-state index contributed by atoms with van der Waals surface area (Å²) in [5, 5.41) is 12.9. The third kappa shape index (κ3) is 4.42. The largest absolute Gasteiger partial charge is 0.398 e. The highest BCUT2D eigenvalue weighted by atomic mass is 32.2. The molecule has 162 valence electrons. The molecule has 3 heterocycles. The van der Waals surface area contributed by atoms with Gasteiger partial charge in [-0.15, -0.1) is 0 Å². The number of nitrogen functional groups attached to an aromatic ring is 1. The van der Waals surface area contributed by atoms with Crippen LogP contribution >= 0.6 is 0 Å². The van der Waals surface area contributed by atoms with Crippen LogP contribution < -0.4 is 10.6 Å². The van der Waals surface area contributed by atoms with Crippen molar-refractivity contribution >= 4 is 27.2 Å². The van der Waals surface area contributed by atoms with Gasteiger partial charge in [0.2, 0.25) is 10.0 Å². The van der Waals surface area contributed by atoms with E-state index in [1.54, 1.807) is 23.0 Å². The molecule has 1 aliphatic rings. The molecule has 0 atom stereocenters. The van der Waals surface area contributed by atoms with Crippen molar-refractivity contribution < 1.29 is 8.42 Å². The SMILES string of the molecule is Cn1cc(-c2ccc(N)c(C(=N)c3cc(N4CCN(S(C)(=O)=O)CC4)ncn3)c2)cn1. The van der Waals surface area contributed by atoms with Gasteiger partial charge in [0.05, 0.1) is 23.9 Å². The highest BCUT2D eigenvalue weighted by molar-refractivity contribution is 7.88. The number of sulfonamides is 1. The molecule has 2 aromatic heterocycles. The van der Waals surface area contributed by atoms with Crippen LogP contribution in [-0.2, 0) is 17.1 Å². The van der Waals surface area contributed by atoms with Gasteiger partial charge in [-0.3, -0.25) is 10.1 Å². The fourth-order valence-corrected chi connectivity index (χ4v) is 4.39.